The van der Waals surface area contributed by atoms with Crippen LogP contribution in [0.2, 0.25) is 0 Å². The van der Waals surface area contributed by atoms with E-state index >= 15 is 0 Å². The van der Waals surface area contributed by atoms with Gasteiger partial charge in [-0.3, -0.25) is 29.4 Å². The van der Waals surface area contributed by atoms with Crippen molar-refractivity contribution in [1.29, 1.82) is 0 Å². The van der Waals surface area contributed by atoms with E-state index in [-0.39, 0.29) is 29.1 Å². The van der Waals surface area contributed by atoms with Gasteiger partial charge in [0.1, 0.15) is 11.3 Å². The van der Waals surface area contributed by atoms with Gasteiger partial charge in [0.15, 0.2) is 0 Å². The van der Waals surface area contributed by atoms with Gasteiger partial charge in [-0.05, 0) is 50.4 Å². The number of ether oxygens (including phenoxy) is 1. The Hall–Kier alpha value is -3.79. The van der Waals surface area contributed by atoms with Crippen LogP contribution >= 0.6 is 0 Å². The molecule has 180 valence electrons. The number of non-ortho nitro benzene ring substituents is 1. The number of amides is 3. The first-order chi connectivity index (χ1) is 16.7. The average Bonchev–Trinajstić information content (AvgIpc) is 3.54. The third kappa shape index (κ3) is 2.49. The Bertz CT molecular complexity index is 1360. The third-order valence-electron chi connectivity index (χ3n) is 8.31. The Morgan fingerprint density at radius 3 is 2.63 bits per heavy atom. The molecule has 6 rings (SSSR count). The number of imide groups is 1. The van der Waals surface area contributed by atoms with Crippen LogP contribution in [0.5, 0.6) is 5.75 Å². The van der Waals surface area contributed by atoms with E-state index in [4.69, 9.17) is 4.74 Å². The van der Waals surface area contributed by atoms with Crippen LogP contribution in [0.15, 0.2) is 30.3 Å². The molecule has 4 aliphatic heterocycles. The summed E-state index contributed by atoms with van der Waals surface area (Å²) in [5.41, 5.74) is 2.10. The lowest BCUT2D eigenvalue weighted by Crippen LogP contribution is -2.54. The minimum Gasteiger partial charge on any atom is -0.494 e. The van der Waals surface area contributed by atoms with E-state index in [0.29, 0.717) is 18.7 Å². The molecule has 0 unspecified atom stereocenters. The standard InChI is InChI=1S/C25H24N4O6/c1-12-6-8-15-21(13(12)2)26-24(32)25(15)20-19(17-5-4-10-27(17)25)22(30)28(23(20)31)16-9-7-14(29(33)34)11-18(16)35-3/h6-9,11,17,19-20H,4-5,10H2,1-3H3,(H,26,32)/t17-,19-,20+,25-/m1/s1. The minimum absolute atomic E-state index is 0.0564. The lowest BCUT2D eigenvalue weighted by atomic mass is 9.75. The number of fused-ring (bicyclic) bond motifs is 7. The molecule has 1 N–H and O–H groups in total. The first-order valence-corrected chi connectivity index (χ1v) is 11.6. The molecule has 3 amide bonds. The summed E-state index contributed by atoms with van der Waals surface area (Å²) in [5.74, 6) is -2.69. The molecule has 2 aromatic rings. The van der Waals surface area contributed by atoms with Gasteiger partial charge in [-0.15, -0.1) is 0 Å². The predicted octanol–water partition coefficient (Wildman–Crippen LogP) is 2.65. The van der Waals surface area contributed by atoms with E-state index in [1.165, 1.54) is 25.3 Å². The van der Waals surface area contributed by atoms with Crippen LogP contribution in [-0.4, -0.2) is 47.2 Å². The number of anilines is 2. The first kappa shape index (κ1) is 21.7. The molecule has 10 heteroatoms. The molecule has 4 heterocycles. The van der Waals surface area contributed by atoms with Gasteiger partial charge in [-0.1, -0.05) is 12.1 Å². The molecule has 1 spiro atoms. The van der Waals surface area contributed by atoms with Gasteiger partial charge in [-0.2, -0.15) is 0 Å². The second kappa shape index (κ2) is 7.11. The van der Waals surface area contributed by atoms with Crippen LogP contribution in [0.4, 0.5) is 17.1 Å². The lowest BCUT2D eigenvalue weighted by Gasteiger charge is -2.36. The number of carbonyl (C=O) groups excluding carboxylic acids is 3. The van der Waals surface area contributed by atoms with Crippen LogP contribution in [0.25, 0.3) is 0 Å². The van der Waals surface area contributed by atoms with Gasteiger partial charge in [0, 0.05) is 23.4 Å². The number of aryl methyl sites for hydroxylation is 1. The van der Waals surface area contributed by atoms with Gasteiger partial charge in [0.05, 0.1) is 35.6 Å². The number of rotatable bonds is 3. The predicted molar refractivity (Wildman–Crippen MR) is 125 cm³/mol. The van der Waals surface area contributed by atoms with E-state index < -0.39 is 34.1 Å². The van der Waals surface area contributed by atoms with E-state index in [2.05, 4.69) is 10.2 Å². The van der Waals surface area contributed by atoms with Crippen molar-refractivity contribution in [2.75, 3.05) is 23.9 Å². The Kier molecular flexibility index (Phi) is 4.41. The molecule has 4 aliphatic rings. The molecule has 0 aromatic heterocycles. The van der Waals surface area contributed by atoms with Gasteiger partial charge in [-0.25, -0.2) is 4.90 Å². The second-order valence-electron chi connectivity index (χ2n) is 9.68. The van der Waals surface area contributed by atoms with Crippen LogP contribution in [0, 0.1) is 35.8 Å². The van der Waals surface area contributed by atoms with Crippen LogP contribution in [0.1, 0.15) is 29.5 Å². The van der Waals surface area contributed by atoms with Crippen molar-refractivity contribution in [1.82, 2.24) is 4.90 Å². The van der Waals surface area contributed by atoms with Gasteiger partial charge < -0.3 is 10.1 Å². The molecule has 0 radical (unpaired) electrons. The maximum atomic E-state index is 14.1. The summed E-state index contributed by atoms with van der Waals surface area (Å²) in [4.78, 5) is 55.6. The molecule has 3 fully saturated rings. The highest BCUT2D eigenvalue weighted by Crippen LogP contribution is 2.61. The SMILES string of the molecule is COc1cc([N+](=O)[O-])ccc1N1C(=O)[C@@H]2[C@H]3CCCN3[C@@]3(C(=O)Nc4c3ccc(C)c4C)[C@@H]2C1=O. The Morgan fingerprint density at radius 2 is 1.91 bits per heavy atom. The molecule has 35 heavy (non-hydrogen) atoms. The number of nitro benzene ring substituents is 1. The number of methoxy groups -OCH3 is 1. The number of nitrogens with one attached hydrogen (secondary N) is 1. The normalized spacial score (nSPS) is 28.9. The zero-order valence-corrected chi connectivity index (χ0v) is 19.5. The van der Waals surface area contributed by atoms with Crippen LogP contribution in [0.3, 0.4) is 0 Å². The number of nitro groups is 1. The maximum absolute atomic E-state index is 14.1. The smallest absolute Gasteiger partial charge is 0.273 e. The van der Waals surface area contributed by atoms with E-state index in [0.717, 1.165) is 28.0 Å². The van der Waals surface area contributed by atoms with Crippen molar-refractivity contribution < 1.29 is 24.0 Å². The largest absolute Gasteiger partial charge is 0.494 e. The Morgan fingerprint density at radius 1 is 1.14 bits per heavy atom. The summed E-state index contributed by atoms with van der Waals surface area (Å²) in [5, 5.41) is 14.3. The fourth-order valence-corrected chi connectivity index (χ4v) is 6.72. The maximum Gasteiger partial charge on any atom is 0.273 e. The molecule has 0 bridgehead atoms. The number of carbonyl (C=O) groups is 3. The Labute approximate surface area is 201 Å². The molecule has 4 atom stereocenters. The van der Waals surface area contributed by atoms with Crippen molar-refractivity contribution in [2.45, 2.75) is 38.3 Å². The van der Waals surface area contributed by atoms with E-state index in [1.807, 2.05) is 26.0 Å². The van der Waals surface area contributed by atoms with Crippen molar-refractivity contribution in [3.05, 3.63) is 57.1 Å². The van der Waals surface area contributed by atoms with Crippen LogP contribution in [-0.2, 0) is 19.9 Å². The van der Waals surface area contributed by atoms with E-state index in [9.17, 15) is 24.5 Å². The number of nitrogens with zero attached hydrogens (tertiary/aromatic N) is 3. The monoisotopic (exact) mass is 476 g/mol. The van der Waals surface area contributed by atoms with Crippen LogP contribution < -0.4 is 15.0 Å². The number of hydrogen-bond donors (Lipinski definition) is 1. The highest BCUT2D eigenvalue weighted by Gasteiger charge is 2.74. The fourth-order valence-electron chi connectivity index (χ4n) is 6.72. The quantitative estimate of drug-likeness (QED) is 0.411. The zero-order chi connectivity index (χ0) is 24.8. The zero-order valence-electron chi connectivity index (χ0n) is 19.5. The minimum atomic E-state index is -1.27. The fraction of sp³-hybridized carbons (Fsp3) is 0.400. The van der Waals surface area contributed by atoms with Crippen molar-refractivity contribution in [2.24, 2.45) is 11.8 Å². The summed E-state index contributed by atoms with van der Waals surface area (Å²) in [6, 6.07) is 7.42. The summed E-state index contributed by atoms with van der Waals surface area (Å²) in [6.45, 7) is 4.53. The second-order valence-corrected chi connectivity index (χ2v) is 9.68. The van der Waals surface area contributed by atoms with Crippen molar-refractivity contribution in [3.63, 3.8) is 0 Å². The topological polar surface area (TPSA) is 122 Å². The third-order valence-corrected chi connectivity index (χ3v) is 8.31. The summed E-state index contributed by atoms with van der Waals surface area (Å²) < 4.78 is 5.34. The summed E-state index contributed by atoms with van der Waals surface area (Å²) in [6.07, 6.45) is 1.53. The Balaban J connectivity index is 1.54. The number of hydrogen-bond acceptors (Lipinski definition) is 7. The highest BCUT2D eigenvalue weighted by atomic mass is 16.6. The molecule has 2 aromatic carbocycles. The molecule has 0 saturated carbocycles. The molecule has 0 aliphatic carbocycles. The summed E-state index contributed by atoms with van der Waals surface area (Å²) in [7, 11) is 1.33. The van der Waals surface area contributed by atoms with Gasteiger partial charge in [0.25, 0.3) is 5.69 Å². The van der Waals surface area contributed by atoms with Gasteiger partial charge in [0.2, 0.25) is 17.7 Å². The van der Waals surface area contributed by atoms with Crippen molar-refractivity contribution in [3.8, 4) is 5.75 Å². The summed E-state index contributed by atoms with van der Waals surface area (Å²) >= 11 is 0. The lowest BCUT2D eigenvalue weighted by molar-refractivity contribution is -0.384. The molecule has 3 saturated heterocycles. The first-order valence-electron chi connectivity index (χ1n) is 11.6. The number of benzene rings is 2. The van der Waals surface area contributed by atoms with Gasteiger partial charge >= 0.3 is 0 Å². The molecular formula is C25H24N4O6. The average molecular weight is 476 g/mol. The molecule has 10 nitrogen and oxygen atoms in total. The van der Waals surface area contributed by atoms with Crippen molar-refractivity contribution >= 4 is 34.8 Å². The highest BCUT2D eigenvalue weighted by molar-refractivity contribution is 6.26. The molecular weight excluding hydrogens is 452 g/mol. The van der Waals surface area contributed by atoms with E-state index in [1.54, 1.807) is 0 Å².